The third-order valence-corrected chi connectivity index (χ3v) is 11.4. The van der Waals surface area contributed by atoms with Crippen molar-refractivity contribution >= 4 is 5.97 Å². The molecule has 1 heterocycles. The zero-order valence-corrected chi connectivity index (χ0v) is 40.1. The molecule has 0 aromatic heterocycles. The maximum Gasteiger partial charge on any atom is 0.306 e. The maximum absolute atomic E-state index is 12.8. The van der Waals surface area contributed by atoms with E-state index in [1.165, 1.54) is 103 Å². The van der Waals surface area contributed by atoms with Crippen molar-refractivity contribution in [3.63, 3.8) is 0 Å². The summed E-state index contributed by atoms with van der Waals surface area (Å²) in [7, 11) is 0. The monoisotopic (exact) mass is 887 g/mol. The van der Waals surface area contributed by atoms with E-state index in [9.17, 15) is 25.2 Å². The van der Waals surface area contributed by atoms with Crippen LogP contribution in [0.2, 0.25) is 0 Å². The highest BCUT2D eigenvalue weighted by molar-refractivity contribution is 5.69. The molecule has 0 aromatic rings. The molecule has 0 amide bonds. The van der Waals surface area contributed by atoms with Gasteiger partial charge in [-0.1, -0.05) is 183 Å². The maximum atomic E-state index is 12.8. The van der Waals surface area contributed by atoms with E-state index in [4.69, 9.17) is 18.9 Å². The molecule has 0 bridgehead atoms. The normalized spacial score (nSPS) is 20.3. The van der Waals surface area contributed by atoms with Crippen LogP contribution in [0.25, 0.3) is 0 Å². The van der Waals surface area contributed by atoms with Crippen LogP contribution in [0, 0.1) is 0 Å². The van der Waals surface area contributed by atoms with E-state index in [1.54, 1.807) is 0 Å². The number of unbranched alkanes of at least 4 members (excludes halogenated alkanes) is 20. The Hall–Kier alpha value is -2.37. The second-order valence-corrected chi connectivity index (χ2v) is 17.2. The van der Waals surface area contributed by atoms with E-state index in [1.807, 2.05) is 0 Å². The van der Waals surface area contributed by atoms with Crippen molar-refractivity contribution in [2.45, 2.75) is 237 Å². The highest BCUT2D eigenvalue weighted by Crippen LogP contribution is 2.22. The first-order chi connectivity index (χ1) is 30.9. The summed E-state index contributed by atoms with van der Waals surface area (Å²) in [5.74, 6) is -0.326. The molecule has 6 atom stereocenters. The zero-order chi connectivity index (χ0) is 45.7. The molecule has 9 nitrogen and oxygen atoms in total. The molecule has 63 heavy (non-hydrogen) atoms. The van der Waals surface area contributed by atoms with Gasteiger partial charge in [-0.25, -0.2) is 0 Å². The number of esters is 1. The molecule has 364 valence electrons. The van der Waals surface area contributed by atoms with Crippen LogP contribution in [-0.4, -0.2) is 89.6 Å². The lowest BCUT2D eigenvalue weighted by Crippen LogP contribution is -2.59. The van der Waals surface area contributed by atoms with E-state index in [2.05, 4.69) is 86.8 Å². The van der Waals surface area contributed by atoms with Crippen LogP contribution in [0.15, 0.2) is 72.9 Å². The van der Waals surface area contributed by atoms with Gasteiger partial charge in [0, 0.05) is 13.0 Å². The fourth-order valence-electron chi connectivity index (χ4n) is 7.40. The fraction of sp³-hybridized carbons (Fsp3) is 0.759. The number of ether oxygens (including phenoxy) is 4. The Labute approximate surface area is 385 Å². The summed E-state index contributed by atoms with van der Waals surface area (Å²) in [6.07, 6.45) is 52.2. The summed E-state index contributed by atoms with van der Waals surface area (Å²) in [6, 6.07) is 0. The van der Waals surface area contributed by atoms with Gasteiger partial charge in [0.2, 0.25) is 0 Å². The van der Waals surface area contributed by atoms with Crippen molar-refractivity contribution in [3.8, 4) is 0 Å². The Morgan fingerprint density at radius 2 is 0.968 bits per heavy atom. The molecular formula is C54H94O9. The Morgan fingerprint density at radius 1 is 0.524 bits per heavy atom. The average Bonchev–Trinajstić information content (AvgIpc) is 3.28. The van der Waals surface area contributed by atoms with Gasteiger partial charge in [-0.3, -0.25) is 4.79 Å². The minimum atomic E-state index is -1.54. The van der Waals surface area contributed by atoms with Crippen LogP contribution >= 0.6 is 0 Å². The molecule has 1 rings (SSSR count). The number of carbonyl (C=O) groups is 1. The summed E-state index contributed by atoms with van der Waals surface area (Å²) in [5.41, 5.74) is 0. The fourth-order valence-corrected chi connectivity index (χ4v) is 7.40. The predicted molar refractivity (Wildman–Crippen MR) is 260 cm³/mol. The predicted octanol–water partition coefficient (Wildman–Crippen LogP) is 12.4. The molecule has 9 heteroatoms. The molecule has 1 aliphatic rings. The van der Waals surface area contributed by atoms with E-state index < -0.39 is 43.4 Å². The lowest BCUT2D eigenvalue weighted by Gasteiger charge is -2.39. The van der Waals surface area contributed by atoms with Gasteiger partial charge in [0.1, 0.15) is 30.5 Å². The first kappa shape index (κ1) is 58.6. The minimum absolute atomic E-state index is 0.121. The molecule has 6 unspecified atom stereocenters. The molecule has 0 spiro atoms. The standard InChI is InChI=1S/C54H94O9/c1-3-5-7-9-11-13-15-17-19-20-21-22-23-24-25-26-27-28-29-30-32-34-36-38-40-42-44-60-46-48(47-61-54-53(59)52(58)51(57)49(45-55)63-54)62-50(56)43-41-39-37-35-33-31-18-16-14-12-10-8-6-4-2/h5,7,11,13,16-19,21-22,24-25,48-49,51-55,57-59H,3-4,6,8-10,12,14-15,20,23,26-47H2,1-2H3/b7-5-,13-11-,18-16-,19-17-,22-21-,25-24-. The first-order valence-electron chi connectivity index (χ1n) is 25.5. The van der Waals surface area contributed by atoms with Gasteiger partial charge in [-0.15, -0.1) is 0 Å². The van der Waals surface area contributed by atoms with Gasteiger partial charge in [0.05, 0.1) is 19.8 Å². The molecule has 0 radical (unpaired) electrons. The summed E-state index contributed by atoms with van der Waals surface area (Å²) in [6.45, 7) is 4.41. The number of aliphatic hydroxyl groups is 4. The van der Waals surface area contributed by atoms with Gasteiger partial charge in [-0.05, 0) is 83.5 Å². The van der Waals surface area contributed by atoms with E-state index in [-0.39, 0.29) is 19.2 Å². The van der Waals surface area contributed by atoms with Crippen molar-refractivity contribution in [1.82, 2.24) is 0 Å². The zero-order valence-electron chi connectivity index (χ0n) is 40.1. The second-order valence-electron chi connectivity index (χ2n) is 17.2. The lowest BCUT2D eigenvalue weighted by molar-refractivity contribution is -0.305. The van der Waals surface area contributed by atoms with Crippen LogP contribution in [-0.2, 0) is 23.7 Å². The number of hydrogen-bond acceptors (Lipinski definition) is 9. The van der Waals surface area contributed by atoms with E-state index in [0.29, 0.717) is 13.0 Å². The topological polar surface area (TPSA) is 135 Å². The Bertz CT molecular complexity index is 1190. The van der Waals surface area contributed by atoms with E-state index in [0.717, 1.165) is 77.0 Å². The molecular weight excluding hydrogens is 793 g/mol. The van der Waals surface area contributed by atoms with Crippen molar-refractivity contribution in [2.75, 3.05) is 26.4 Å². The Kier molecular flexibility index (Phi) is 41.7. The van der Waals surface area contributed by atoms with Gasteiger partial charge >= 0.3 is 5.97 Å². The van der Waals surface area contributed by atoms with E-state index >= 15 is 0 Å². The number of carbonyl (C=O) groups excluding carboxylic acids is 1. The molecule has 1 fully saturated rings. The van der Waals surface area contributed by atoms with Gasteiger partial charge in [-0.2, -0.15) is 0 Å². The van der Waals surface area contributed by atoms with Crippen LogP contribution in [0.4, 0.5) is 0 Å². The molecule has 1 saturated heterocycles. The summed E-state index contributed by atoms with van der Waals surface area (Å²) in [4.78, 5) is 12.8. The molecule has 0 saturated carbocycles. The number of aliphatic hydroxyl groups excluding tert-OH is 4. The second kappa shape index (κ2) is 44.8. The van der Waals surface area contributed by atoms with Crippen LogP contribution in [0.5, 0.6) is 0 Å². The summed E-state index contributed by atoms with van der Waals surface area (Å²) < 4.78 is 22.9. The first-order valence-corrected chi connectivity index (χ1v) is 25.5. The van der Waals surface area contributed by atoms with Crippen molar-refractivity contribution in [2.24, 2.45) is 0 Å². The van der Waals surface area contributed by atoms with Crippen molar-refractivity contribution in [3.05, 3.63) is 72.9 Å². The number of rotatable bonds is 43. The van der Waals surface area contributed by atoms with Crippen molar-refractivity contribution < 1.29 is 44.2 Å². The highest BCUT2D eigenvalue weighted by atomic mass is 16.7. The van der Waals surface area contributed by atoms with Gasteiger partial charge < -0.3 is 39.4 Å². The average molecular weight is 887 g/mol. The van der Waals surface area contributed by atoms with Gasteiger partial charge in [0.25, 0.3) is 0 Å². The third-order valence-electron chi connectivity index (χ3n) is 11.4. The van der Waals surface area contributed by atoms with Crippen molar-refractivity contribution in [1.29, 1.82) is 0 Å². The SMILES string of the molecule is CC/C=C\C/C=C\C/C=C\C/C=C\C/C=C\CCCCCCCCCCCCOCC(COC1OC(CO)C(O)C(O)C1O)OC(=O)CCCCCCC/C=C\CCCCCCC. The highest BCUT2D eigenvalue weighted by Gasteiger charge is 2.44. The lowest BCUT2D eigenvalue weighted by atomic mass is 9.99. The smallest absolute Gasteiger partial charge is 0.306 e. The third kappa shape index (κ3) is 35.6. The summed E-state index contributed by atoms with van der Waals surface area (Å²) >= 11 is 0. The van der Waals surface area contributed by atoms with Gasteiger partial charge in [0.15, 0.2) is 6.29 Å². The summed E-state index contributed by atoms with van der Waals surface area (Å²) in [5, 5.41) is 40.2. The largest absolute Gasteiger partial charge is 0.457 e. The van der Waals surface area contributed by atoms with Crippen LogP contribution < -0.4 is 0 Å². The Morgan fingerprint density at radius 3 is 1.48 bits per heavy atom. The molecule has 4 N–H and O–H groups in total. The number of allylic oxidation sites excluding steroid dienone is 12. The minimum Gasteiger partial charge on any atom is -0.457 e. The molecule has 0 aromatic carbocycles. The van der Waals surface area contributed by atoms with Crippen LogP contribution in [0.3, 0.4) is 0 Å². The Balaban J connectivity index is 2.19. The molecule has 0 aliphatic carbocycles. The quantitative estimate of drug-likeness (QED) is 0.0268. The number of hydrogen-bond donors (Lipinski definition) is 4. The van der Waals surface area contributed by atoms with Crippen LogP contribution in [0.1, 0.15) is 200 Å². The molecule has 1 aliphatic heterocycles.